The summed E-state index contributed by atoms with van der Waals surface area (Å²) in [6, 6.07) is 14.7. The van der Waals surface area contributed by atoms with E-state index in [4.69, 9.17) is 11.6 Å². The summed E-state index contributed by atoms with van der Waals surface area (Å²) in [5.41, 5.74) is 1.48. The van der Waals surface area contributed by atoms with Crippen LogP contribution in [-0.4, -0.2) is 40.0 Å². The van der Waals surface area contributed by atoms with Crippen molar-refractivity contribution >= 4 is 40.8 Å². The van der Waals surface area contributed by atoms with E-state index in [9.17, 15) is 9.59 Å². The lowest BCUT2D eigenvalue weighted by Crippen LogP contribution is -2.49. The average molecular weight is 433 g/mol. The third kappa shape index (κ3) is 4.45. The van der Waals surface area contributed by atoms with E-state index in [0.717, 1.165) is 12.1 Å². The van der Waals surface area contributed by atoms with Crippen molar-refractivity contribution in [3.63, 3.8) is 0 Å². The fraction of sp³-hybridized carbons (Fsp3) is 0.286. The lowest BCUT2D eigenvalue weighted by molar-refractivity contribution is -0.134. The Balaban J connectivity index is 0.00000240. The lowest BCUT2D eigenvalue weighted by atomic mass is 10.0. The van der Waals surface area contributed by atoms with Gasteiger partial charge < -0.3 is 10.2 Å². The Bertz CT molecular complexity index is 1070. The highest BCUT2D eigenvalue weighted by Crippen LogP contribution is 2.28. The first-order valence-corrected chi connectivity index (χ1v) is 9.72. The predicted molar refractivity (Wildman–Crippen MR) is 117 cm³/mol. The summed E-state index contributed by atoms with van der Waals surface area (Å²) >= 11 is 6.36. The highest BCUT2D eigenvalue weighted by molar-refractivity contribution is 6.31. The third-order valence-corrected chi connectivity index (χ3v) is 5.47. The molecule has 0 saturated carbocycles. The van der Waals surface area contributed by atoms with Gasteiger partial charge in [-0.3, -0.25) is 14.2 Å². The molecular formula is C21H22Cl2N4O2. The van der Waals surface area contributed by atoms with E-state index in [1.807, 2.05) is 41.3 Å². The largest absolute Gasteiger partial charge is 0.333 e. The molecular weight excluding hydrogens is 411 g/mol. The zero-order chi connectivity index (χ0) is 19.5. The molecule has 1 aliphatic heterocycles. The summed E-state index contributed by atoms with van der Waals surface area (Å²) in [7, 11) is 0. The van der Waals surface area contributed by atoms with Gasteiger partial charge in [0, 0.05) is 37.6 Å². The van der Waals surface area contributed by atoms with Crippen molar-refractivity contribution in [1.82, 2.24) is 19.8 Å². The van der Waals surface area contributed by atoms with Crippen LogP contribution in [0.25, 0.3) is 10.9 Å². The minimum absolute atomic E-state index is 0. The number of rotatable bonds is 4. The van der Waals surface area contributed by atoms with E-state index in [1.165, 1.54) is 10.9 Å². The Labute approximate surface area is 179 Å². The van der Waals surface area contributed by atoms with Crippen LogP contribution < -0.4 is 10.9 Å². The number of benzene rings is 2. The molecule has 152 valence electrons. The second-order valence-electron chi connectivity index (χ2n) is 6.84. The number of para-hydroxylation sites is 1. The first kappa shape index (κ1) is 21.3. The summed E-state index contributed by atoms with van der Waals surface area (Å²) in [5.74, 6) is 0.00600. The molecule has 0 radical (unpaired) electrons. The Hall–Kier alpha value is -2.41. The van der Waals surface area contributed by atoms with Crippen molar-refractivity contribution in [2.24, 2.45) is 0 Å². The molecule has 0 aliphatic carbocycles. The van der Waals surface area contributed by atoms with Gasteiger partial charge in [-0.1, -0.05) is 41.9 Å². The minimum atomic E-state index is -0.124. The molecule has 0 spiro atoms. The highest BCUT2D eigenvalue weighted by atomic mass is 35.5. The van der Waals surface area contributed by atoms with Crippen molar-refractivity contribution < 1.29 is 4.79 Å². The van der Waals surface area contributed by atoms with Gasteiger partial charge in [0.15, 0.2) is 0 Å². The Morgan fingerprint density at radius 3 is 2.76 bits per heavy atom. The quantitative estimate of drug-likeness (QED) is 0.687. The summed E-state index contributed by atoms with van der Waals surface area (Å²) in [6.07, 6.45) is 1.75. The van der Waals surface area contributed by atoms with Crippen molar-refractivity contribution in [3.05, 3.63) is 75.8 Å². The molecule has 1 unspecified atom stereocenters. The van der Waals surface area contributed by atoms with Crippen LogP contribution in [0.5, 0.6) is 0 Å². The molecule has 3 aromatic rings. The number of halogens is 2. The van der Waals surface area contributed by atoms with E-state index >= 15 is 0 Å². The standard InChI is InChI=1S/C21H21ClN4O2.ClH/c22-17-7-3-1-5-15(17)19-13-23-10-12-26(19)20(27)9-11-25-14-24-18-8-4-2-6-16(18)21(25)28;/h1-8,14,19,23H,9-13H2;1H. The van der Waals surface area contributed by atoms with E-state index in [-0.39, 0.29) is 36.3 Å². The van der Waals surface area contributed by atoms with E-state index in [1.54, 1.807) is 12.1 Å². The van der Waals surface area contributed by atoms with Crippen molar-refractivity contribution in [2.45, 2.75) is 19.0 Å². The number of hydrogen-bond acceptors (Lipinski definition) is 4. The van der Waals surface area contributed by atoms with Gasteiger partial charge in [-0.15, -0.1) is 12.4 Å². The SMILES string of the molecule is Cl.O=C(CCn1cnc2ccccc2c1=O)N1CCNCC1c1ccccc1Cl. The fourth-order valence-corrected chi connectivity index (χ4v) is 3.91. The van der Waals surface area contributed by atoms with Gasteiger partial charge in [0.2, 0.25) is 5.91 Å². The van der Waals surface area contributed by atoms with Gasteiger partial charge in [-0.05, 0) is 23.8 Å². The van der Waals surface area contributed by atoms with Gasteiger partial charge in [-0.2, -0.15) is 0 Å². The number of aryl methyl sites for hydroxylation is 1. The van der Waals surface area contributed by atoms with Crippen molar-refractivity contribution in [3.8, 4) is 0 Å². The molecule has 4 rings (SSSR count). The molecule has 0 bridgehead atoms. The Kier molecular flexibility index (Phi) is 6.90. The summed E-state index contributed by atoms with van der Waals surface area (Å²) in [5, 5.41) is 4.55. The molecule has 1 saturated heterocycles. The van der Waals surface area contributed by atoms with Gasteiger partial charge in [-0.25, -0.2) is 4.98 Å². The fourth-order valence-electron chi connectivity index (χ4n) is 3.65. The first-order valence-electron chi connectivity index (χ1n) is 9.34. The van der Waals surface area contributed by atoms with E-state index in [0.29, 0.717) is 35.6 Å². The smallest absolute Gasteiger partial charge is 0.261 e. The van der Waals surface area contributed by atoms with E-state index in [2.05, 4.69) is 10.3 Å². The van der Waals surface area contributed by atoms with Gasteiger partial charge in [0.1, 0.15) is 0 Å². The van der Waals surface area contributed by atoms with Crippen molar-refractivity contribution in [2.75, 3.05) is 19.6 Å². The number of amides is 1. The second kappa shape index (κ2) is 9.39. The Morgan fingerprint density at radius 1 is 1.17 bits per heavy atom. The number of fused-ring (bicyclic) bond motifs is 1. The molecule has 1 amide bonds. The van der Waals surface area contributed by atoms with Crippen LogP contribution in [0, 0.1) is 0 Å². The number of carbonyl (C=O) groups is 1. The lowest BCUT2D eigenvalue weighted by Gasteiger charge is -2.37. The number of piperazine rings is 1. The molecule has 6 nitrogen and oxygen atoms in total. The average Bonchev–Trinajstić information content (AvgIpc) is 2.74. The molecule has 29 heavy (non-hydrogen) atoms. The van der Waals surface area contributed by atoms with Gasteiger partial charge in [0.05, 0.1) is 23.3 Å². The number of aromatic nitrogens is 2. The van der Waals surface area contributed by atoms with Crippen LogP contribution in [0.3, 0.4) is 0 Å². The maximum absolute atomic E-state index is 13.0. The molecule has 2 heterocycles. The molecule has 1 N–H and O–H groups in total. The zero-order valence-corrected chi connectivity index (χ0v) is 17.3. The van der Waals surface area contributed by atoms with Gasteiger partial charge >= 0.3 is 0 Å². The minimum Gasteiger partial charge on any atom is -0.333 e. The molecule has 1 aliphatic rings. The van der Waals surface area contributed by atoms with Crippen molar-refractivity contribution in [1.29, 1.82) is 0 Å². The van der Waals surface area contributed by atoms with Crippen LogP contribution in [0.4, 0.5) is 0 Å². The summed E-state index contributed by atoms with van der Waals surface area (Å²) in [4.78, 5) is 31.8. The summed E-state index contributed by atoms with van der Waals surface area (Å²) in [6.45, 7) is 2.31. The number of nitrogens with one attached hydrogen (secondary N) is 1. The molecule has 2 aromatic carbocycles. The molecule has 1 aromatic heterocycles. The topological polar surface area (TPSA) is 67.2 Å². The number of nitrogens with zero attached hydrogens (tertiary/aromatic N) is 3. The van der Waals surface area contributed by atoms with Gasteiger partial charge in [0.25, 0.3) is 5.56 Å². The molecule has 1 atom stereocenters. The van der Waals surface area contributed by atoms with Crippen LogP contribution in [0.2, 0.25) is 5.02 Å². The highest BCUT2D eigenvalue weighted by Gasteiger charge is 2.28. The van der Waals surface area contributed by atoms with Crippen LogP contribution in [0.1, 0.15) is 18.0 Å². The molecule has 1 fully saturated rings. The maximum atomic E-state index is 13.0. The third-order valence-electron chi connectivity index (χ3n) is 5.13. The normalized spacial score (nSPS) is 16.4. The monoisotopic (exact) mass is 432 g/mol. The Morgan fingerprint density at radius 2 is 1.93 bits per heavy atom. The number of carbonyl (C=O) groups excluding carboxylic acids is 1. The van der Waals surface area contributed by atoms with E-state index < -0.39 is 0 Å². The summed E-state index contributed by atoms with van der Waals surface area (Å²) < 4.78 is 1.51. The molecule has 8 heteroatoms. The number of hydrogen-bond donors (Lipinski definition) is 1. The maximum Gasteiger partial charge on any atom is 0.261 e. The second-order valence-corrected chi connectivity index (χ2v) is 7.25. The van der Waals surface area contributed by atoms with Crippen LogP contribution in [0.15, 0.2) is 59.7 Å². The van der Waals surface area contributed by atoms with Crippen LogP contribution in [-0.2, 0) is 11.3 Å². The zero-order valence-electron chi connectivity index (χ0n) is 15.8. The van der Waals surface area contributed by atoms with Crippen LogP contribution >= 0.6 is 24.0 Å². The predicted octanol–water partition coefficient (Wildman–Crippen LogP) is 3.03. The first-order chi connectivity index (χ1) is 13.6.